The summed E-state index contributed by atoms with van der Waals surface area (Å²) in [6.07, 6.45) is 0. The fourth-order valence-electron chi connectivity index (χ4n) is 3.66. The third-order valence-electron chi connectivity index (χ3n) is 5.58. The van der Waals surface area contributed by atoms with Gasteiger partial charge in [0.25, 0.3) is 11.8 Å². The Morgan fingerprint density at radius 2 is 1.62 bits per heavy atom. The van der Waals surface area contributed by atoms with Gasteiger partial charge < -0.3 is 10.1 Å². The van der Waals surface area contributed by atoms with E-state index in [1.807, 2.05) is 62.4 Å². The van der Waals surface area contributed by atoms with Crippen molar-refractivity contribution in [1.82, 2.24) is 4.90 Å². The van der Waals surface area contributed by atoms with Crippen LogP contribution in [0.1, 0.15) is 22.3 Å². The highest BCUT2D eigenvalue weighted by atomic mass is 35.5. The third kappa shape index (κ3) is 4.12. The minimum absolute atomic E-state index is 0.153. The van der Waals surface area contributed by atoms with Crippen LogP contribution in [0.5, 0.6) is 5.75 Å². The van der Waals surface area contributed by atoms with Crippen LogP contribution < -0.4 is 10.1 Å². The molecule has 0 aliphatic carbocycles. The topological polar surface area (TPSA) is 58.6 Å². The molecule has 0 radical (unpaired) electrons. The number of benzene rings is 3. The molecule has 0 spiro atoms. The zero-order valence-electron chi connectivity index (χ0n) is 18.1. The number of carbonyl (C=O) groups is 2. The number of nitrogens with one attached hydrogen (secondary N) is 1. The number of amides is 2. The van der Waals surface area contributed by atoms with Gasteiger partial charge in [0, 0.05) is 5.02 Å². The van der Waals surface area contributed by atoms with Gasteiger partial charge in [-0.05, 0) is 60.4 Å². The zero-order chi connectivity index (χ0) is 22.8. The van der Waals surface area contributed by atoms with Gasteiger partial charge in [0.15, 0.2) is 0 Å². The van der Waals surface area contributed by atoms with E-state index in [0.717, 1.165) is 16.7 Å². The zero-order valence-corrected chi connectivity index (χ0v) is 18.9. The van der Waals surface area contributed by atoms with Gasteiger partial charge in [0.05, 0.1) is 24.9 Å². The predicted molar refractivity (Wildman–Crippen MR) is 126 cm³/mol. The molecule has 1 heterocycles. The Morgan fingerprint density at radius 1 is 0.906 bits per heavy atom. The van der Waals surface area contributed by atoms with Crippen LogP contribution in [0.15, 0.2) is 72.4 Å². The maximum atomic E-state index is 13.5. The molecule has 0 atom stereocenters. The summed E-state index contributed by atoms with van der Waals surface area (Å²) in [7, 11) is 1.56. The van der Waals surface area contributed by atoms with E-state index >= 15 is 0 Å². The van der Waals surface area contributed by atoms with Gasteiger partial charge in [0.2, 0.25) is 0 Å². The Kier molecular flexibility index (Phi) is 6.01. The van der Waals surface area contributed by atoms with Crippen molar-refractivity contribution in [1.29, 1.82) is 0 Å². The van der Waals surface area contributed by atoms with E-state index in [0.29, 0.717) is 27.6 Å². The summed E-state index contributed by atoms with van der Waals surface area (Å²) in [5.41, 5.74) is 4.86. The molecular formula is C26H23ClN2O3. The smallest absolute Gasteiger partial charge is 0.278 e. The molecule has 0 aromatic heterocycles. The summed E-state index contributed by atoms with van der Waals surface area (Å²) in [6, 6.07) is 20.2. The van der Waals surface area contributed by atoms with E-state index in [4.69, 9.17) is 16.3 Å². The van der Waals surface area contributed by atoms with Crippen LogP contribution >= 0.6 is 11.6 Å². The molecule has 4 rings (SSSR count). The largest absolute Gasteiger partial charge is 0.495 e. The molecule has 0 saturated heterocycles. The predicted octanol–water partition coefficient (Wildman–Crippen LogP) is 5.36. The average Bonchev–Trinajstić information content (AvgIpc) is 3.02. The van der Waals surface area contributed by atoms with Crippen molar-refractivity contribution in [2.24, 2.45) is 0 Å². The van der Waals surface area contributed by atoms with Gasteiger partial charge in [-0.2, -0.15) is 0 Å². The Hall–Kier alpha value is -3.57. The summed E-state index contributed by atoms with van der Waals surface area (Å²) >= 11 is 5.98. The second-order valence-corrected chi connectivity index (χ2v) is 8.13. The highest BCUT2D eigenvalue weighted by Gasteiger charge is 2.39. The van der Waals surface area contributed by atoms with Crippen molar-refractivity contribution in [2.75, 3.05) is 12.4 Å². The molecule has 0 saturated carbocycles. The third-order valence-corrected chi connectivity index (χ3v) is 5.84. The summed E-state index contributed by atoms with van der Waals surface area (Å²) in [4.78, 5) is 28.2. The number of nitrogens with zero attached hydrogens (tertiary/aromatic N) is 1. The number of halogens is 1. The van der Waals surface area contributed by atoms with Crippen LogP contribution in [-0.4, -0.2) is 23.8 Å². The molecule has 0 unspecified atom stereocenters. The number of hydrogen-bond donors (Lipinski definition) is 1. The quantitative estimate of drug-likeness (QED) is 0.518. The van der Waals surface area contributed by atoms with Crippen LogP contribution in [0, 0.1) is 13.8 Å². The lowest BCUT2D eigenvalue weighted by Gasteiger charge is -2.16. The first-order valence-corrected chi connectivity index (χ1v) is 10.6. The molecular weight excluding hydrogens is 424 g/mol. The number of hydrogen-bond acceptors (Lipinski definition) is 4. The Balaban J connectivity index is 1.78. The number of methoxy groups -OCH3 is 1. The fraction of sp³-hybridized carbons (Fsp3) is 0.154. The number of aryl methyl sites for hydroxylation is 2. The minimum Gasteiger partial charge on any atom is -0.495 e. The minimum atomic E-state index is -0.385. The van der Waals surface area contributed by atoms with Crippen LogP contribution in [0.3, 0.4) is 0 Å². The van der Waals surface area contributed by atoms with E-state index in [-0.39, 0.29) is 24.1 Å². The number of imide groups is 1. The van der Waals surface area contributed by atoms with E-state index < -0.39 is 0 Å². The monoisotopic (exact) mass is 446 g/mol. The van der Waals surface area contributed by atoms with Crippen molar-refractivity contribution >= 4 is 34.7 Å². The number of anilines is 1. The molecule has 162 valence electrons. The Morgan fingerprint density at radius 3 is 2.31 bits per heavy atom. The lowest BCUT2D eigenvalue weighted by atomic mass is 9.99. The number of para-hydroxylation sites is 2. The molecule has 0 bridgehead atoms. The van der Waals surface area contributed by atoms with Gasteiger partial charge >= 0.3 is 0 Å². The van der Waals surface area contributed by atoms with Gasteiger partial charge in [0.1, 0.15) is 11.4 Å². The lowest BCUT2D eigenvalue weighted by Crippen LogP contribution is -2.32. The first-order chi connectivity index (χ1) is 15.4. The maximum Gasteiger partial charge on any atom is 0.278 e. The van der Waals surface area contributed by atoms with E-state index in [1.54, 1.807) is 25.3 Å². The second-order valence-electron chi connectivity index (χ2n) is 7.70. The first-order valence-electron chi connectivity index (χ1n) is 10.2. The highest BCUT2D eigenvalue weighted by Crippen LogP contribution is 2.34. The number of carbonyl (C=O) groups excluding carboxylic acids is 2. The Bertz CT molecular complexity index is 1230. The van der Waals surface area contributed by atoms with Gasteiger partial charge in [-0.15, -0.1) is 0 Å². The standard InChI is InChI=1S/C26H23ClN2O3/c1-16-8-11-19(14-17(16)2)23-24(28-21-6-4-5-7-22(21)32-3)26(31)29(25(23)30)15-18-9-12-20(27)13-10-18/h4-14,28H,15H2,1-3H3. The fourth-order valence-corrected chi connectivity index (χ4v) is 3.78. The van der Waals surface area contributed by atoms with E-state index in [9.17, 15) is 9.59 Å². The van der Waals surface area contributed by atoms with Crippen molar-refractivity contribution < 1.29 is 14.3 Å². The molecule has 32 heavy (non-hydrogen) atoms. The maximum absolute atomic E-state index is 13.5. The molecule has 1 aliphatic heterocycles. The summed E-state index contributed by atoms with van der Waals surface area (Å²) < 4.78 is 5.42. The van der Waals surface area contributed by atoms with Crippen molar-refractivity contribution in [3.63, 3.8) is 0 Å². The molecule has 3 aromatic rings. The molecule has 5 nitrogen and oxygen atoms in total. The van der Waals surface area contributed by atoms with Gasteiger partial charge in [-0.25, -0.2) is 0 Å². The van der Waals surface area contributed by atoms with Gasteiger partial charge in [-0.1, -0.05) is 54.1 Å². The van der Waals surface area contributed by atoms with Crippen LogP contribution in [0.25, 0.3) is 5.57 Å². The molecule has 1 aliphatic rings. The molecule has 6 heteroatoms. The summed E-state index contributed by atoms with van der Waals surface area (Å²) in [5, 5.41) is 3.77. The highest BCUT2D eigenvalue weighted by molar-refractivity contribution is 6.36. The van der Waals surface area contributed by atoms with Crippen molar-refractivity contribution in [3.8, 4) is 5.75 Å². The molecule has 0 fully saturated rings. The summed E-state index contributed by atoms with van der Waals surface area (Å²) in [6.45, 7) is 4.15. The Labute approximate surface area is 192 Å². The number of rotatable bonds is 6. The van der Waals surface area contributed by atoms with E-state index in [2.05, 4.69) is 5.32 Å². The second kappa shape index (κ2) is 8.89. The SMILES string of the molecule is COc1ccccc1NC1=C(c2ccc(C)c(C)c2)C(=O)N(Cc2ccc(Cl)cc2)C1=O. The normalized spacial score (nSPS) is 13.7. The first kappa shape index (κ1) is 21.7. The average molecular weight is 447 g/mol. The van der Waals surface area contributed by atoms with Crippen LogP contribution in [-0.2, 0) is 16.1 Å². The van der Waals surface area contributed by atoms with Gasteiger partial charge in [-0.3, -0.25) is 14.5 Å². The van der Waals surface area contributed by atoms with Crippen LogP contribution in [0.2, 0.25) is 5.02 Å². The van der Waals surface area contributed by atoms with E-state index in [1.165, 1.54) is 4.90 Å². The molecule has 3 aromatic carbocycles. The number of ether oxygens (including phenoxy) is 1. The molecule has 1 N–H and O–H groups in total. The van der Waals surface area contributed by atoms with Crippen molar-refractivity contribution in [2.45, 2.75) is 20.4 Å². The molecule has 2 amide bonds. The summed E-state index contributed by atoms with van der Waals surface area (Å²) in [5.74, 6) is -0.148. The van der Waals surface area contributed by atoms with Crippen LogP contribution in [0.4, 0.5) is 5.69 Å². The van der Waals surface area contributed by atoms with Crippen molar-refractivity contribution in [3.05, 3.63) is 99.7 Å². The lowest BCUT2D eigenvalue weighted by molar-refractivity contribution is -0.137.